The smallest absolute Gasteiger partial charge is 0.262 e. The number of rotatable bonds is 8. The molecule has 1 fully saturated rings. The van der Waals surface area contributed by atoms with Gasteiger partial charge >= 0.3 is 0 Å². The number of methoxy groups -OCH3 is 1. The van der Waals surface area contributed by atoms with Gasteiger partial charge in [-0.25, -0.2) is 4.68 Å². The van der Waals surface area contributed by atoms with Crippen molar-refractivity contribution >= 4 is 28.4 Å². The average molecular weight is 521 g/mol. The summed E-state index contributed by atoms with van der Waals surface area (Å²) in [5.41, 5.74) is 2.25. The summed E-state index contributed by atoms with van der Waals surface area (Å²) in [6.07, 6.45) is -0.377. The minimum absolute atomic E-state index is 0.0332. The van der Waals surface area contributed by atoms with Crippen LogP contribution in [0.15, 0.2) is 48.2 Å². The molecule has 0 unspecified atom stereocenters. The van der Waals surface area contributed by atoms with E-state index in [0.29, 0.717) is 5.69 Å². The first-order valence-corrected chi connectivity index (χ1v) is 12.2. The maximum atomic E-state index is 12.7. The first-order chi connectivity index (χ1) is 18.2. The van der Waals surface area contributed by atoms with Crippen LogP contribution >= 0.6 is 0 Å². The Bertz CT molecular complexity index is 1360. The summed E-state index contributed by atoms with van der Waals surface area (Å²) in [6.45, 7) is 1.92. The molecule has 5 atom stereocenters. The number of aliphatic hydroxyl groups excluding tert-OH is 2. The number of nitrogens with zero attached hydrogens (tertiary/aromatic N) is 5. The van der Waals surface area contributed by atoms with Gasteiger partial charge in [0, 0.05) is 32.8 Å². The predicted octanol–water partition coefficient (Wildman–Crippen LogP) is 1.45. The van der Waals surface area contributed by atoms with E-state index in [1.54, 1.807) is 19.2 Å². The molecule has 0 spiro atoms. The molecule has 1 aliphatic heterocycles. The Kier molecular flexibility index (Phi) is 8.38. The molecule has 1 aromatic heterocycles. The van der Waals surface area contributed by atoms with E-state index < -0.39 is 30.5 Å². The number of nitriles is 1. The minimum atomic E-state index is -1.11. The molecule has 11 nitrogen and oxygen atoms in total. The molecule has 38 heavy (non-hydrogen) atoms. The summed E-state index contributed by atoms with van der Waals surface area (Å²) in [5.74, 6) is -0.920. The highest BCUT2D eigenvalue weighted by Crippen LogP contribution is 2.27. The molecule has 200 valence electrons. The number of nitrogens with one attached hydrogen (secondary N) is 1. The summed E-state index contributed by atoms with van der Waals surface area (Å²) in [6, 6.07) is 13.8. The second-order valence-electron chi connectivity index (χ2n) is 9.59. The number of hydrogen-bond acceptors (Lipinski definition) is 9. The molecule has 2 heterocycles. The normalized spacial score (nSPS) is 23.7. The van der Waals surface area contributed by atoms with Gasteiger partial charge < -0.3 is 29.9 Å². The lowest BCUT2D eigenvalue weighted by Gasteiger charge is -2.40. The van der Waals surface area contributed by atoms with Gasteiger partial charge in [0.15, 0.2) is 6.29 Å². The standard InChI is InChI=1S/C27H32N6O5/c1-16-24(34)25(35)23(38-27(16)37-4)15-33-14-21(30-31-33)13-29-26(36)20(12-28)10-17-5-6-19-11-22(32(2)3)8-7-18(19)9-17/h5-11,14,16,23-25,27,34-35H,13,15H2,1-4H3,(H,29,36)/b20-10+/t16-,23-,24-,25-,27+/m1/s1. The van der Waals surface area contributed by atoms with Crippen molar-refractivity contribution in [1.29, 1.82) is 5.26 Å². The van der Waals surface area contributed by atoms with Crippen LogP contribution in [0, 0.1) is 17.2 Å². The number of aromatic nitrogens is 3. The molecule has 0 saturated carbocycles. The van der Waals surface area contributed by atoms with Gasteiger partial charge in [-0.1, -0.05) is 30.3 Å². The lowest BCUT2D eigenvalue weighted by Crippen LogP contribution is -2.55. The molecule has 3 N–H and O–H groups in total. The maximum absolute atomic E-state index is 12.7. The third-order valence-electron chi connectivity index (χ3n) is 6.66. The summed E-state index contributed by atoms with van der Waals surface area (Å²) in [4.78, 5) is 14.7. The molecule has 1 amide bonds. The van der Waals surface area contributed by atoms with Crippen molar-refractivity contribution in [2.75, 3.05) is 26.1 Å². The van der Waals surface area contributed by atoms with Gasteiger partial charge in [0.25, 0.3) is 5.91 Å². The Morgan fingerprint density at radius 1 is 1.24 bits per heavy atom. The van der Waals surface area contributed by atoms with Crippen LogP contribution in [0.1, 0.15) is 18.2 Å². The zero-order chi connectivity index (χ0) is 27.4. The van der Waals surface area contributed by atoms with E-state index in [-0.39, 0.29) is 24.6 Å². The maximum Gasteiger partial charge on any atom is 0.262 e. The number of ether oxygens (including phenoxy) is 2. The topological polar surface area (TPSA) is 146 Å². The van der Waals surface area contributed by atoms with E-state index in [2.05, 4.69) is 21.7 Å². The first kappa shape index (κ1) is 27.2. The number of carbonyl (C=O) groups excluding carboxylic acids is 1. The van der Waals surface area contributed by atoms with Crippen LogP contribution in [-0.2, 0) is 27.4 Å². The van der Waals surface area contributed by atoms with Crippen LogP contribution < -0.4 is 10.2 Å². The Morgan fingerprint density at radius 2 is 1.97 bits per heavy atom. The zero-order valence-electron chi connectivity index (χ0n) is 21.8. The molecule has 4 rings (SSSR count). The van der Waals surface area contributed by atoms with Crippen molar-refractivity contribution in [2.24, 2.45) is 5.92 Å². The van der Waals surface area contributed by atoms with E-state index in [9.17, 15) is 20.3 Å². The molecular formula is C27H32N6O5. The molecule has 0 aliphatic carbocycles. The van der Waals surface area contributed by atoms with Gasteiger partial charge in [-0.05, 0) is 40.6 Å². The molecule has 1 aliphatic rings. The summed E-state index contributed by atoms with van der Waals surface area (Å²) in [7, 11) is 5.44. The van der Waals surface area contributed by atoms with E-state index in [0.717, 1.165) is 22.0 Å². The van der Waals surface area contributed by atoms with Crippen LogP contribution in [0.25, 0.3) is 16.8 Å². The number of anilines is 1. The van der Waals surface area contributed by atoms with Crippen molar-refractivity contribution in [3.63, 3.8) is 0 Å². The number of benzene rings is 2. The SMILES string of the molecule is CO[C@H]1O[C@H](Cn2cc(CNC(=O)/C(C#N)=C/c3ccc4cc(N(C)C)ccc4c3)nn2)[C@@H](O)[C@H](O)[C@H]1C. The van der Waals surface area contributed by atoms with Crippen molar-refractivity contribution in [3.8, 4) is 6.07 Å². The number of aliphatic hydroxyl groups is 2. The lowest BCUT2D eigenvalue weighted by atomic mass is 9.92. The summed E-state index contributed by atoms with van der Waals surface area (Å²) < 4.78 is 12.5. The lowest BCUT2D eigenvalue weighted by molar-refractivity contribution is -0.272. The molecule has 2 aromatic carbocycles. The Hall–Kier alpha value is -3.82. The molecule has 11 heteroatoms. The van der Waals surface area contributed by atoms with Crippen LogP contribution in [-0.4, -0.2) is 76.9 Å². The second kappa shape index (κ2) is 11.7. The minimum Gasteiger partial charge on any atom is -0.390 e. The van der Waals surface area contributed by atoms with Gasteiger partial charge in [-0.15, -0.1) is 5.10 Å². The fourth-order valence-corrected chi connectivity index (χ4v) is 4.38. The van der Waals surface area contributed by atoms with Crippen molar-refractivity contribution in [1.82, 2.24) is 20.3 Å². The second-order valence-corrected chi connectivity index (χ2v) is 9.59. The van der Waals surface area contributed by atoms with Crippen molar-refractivity contribution in [2.45, 2.75) is 44.6 Å². The third kappa shape index (κ3) is 6.00. The molecule has 1 saturated heterocycles. The van der Waals surface area contributed by atoms with Crippen molar-refractivity contribution < 1.29 is 24.5 Å². The molecular weight excluding hydrogens is 488 g/mol. The van der Waals surface area contributed by atoms with Crippen LogP contribution in [0.5, 0.6) is 0 Å². The van der Waals surface area contributed by atoms with Crippen LogP contribution in [0.2, 0.25) is 0 Å². The fourth-order valence-electron chi connectivity index (χ4n) is 4.38. The fraction of sp³-hybridized carbons (Fsp3) is 0.407. The van der Waals surface area contributed by atoms with Crippen molar-refractivity contribution in [3.05, 3.63) is 59.4 Å². The number of fused-ring (bicyclic) bond motifs is 1. The number of amides is 1. The average Bonchev–Trinajstić information content (AvgIpc) is 3.37. The molecule has 0 radical (unpaired) electrons. The van der Waals surface area contributed by atoms with Gasteiger partial charge in [-0.3, -0.25) is 4.79 Å². The van der Waals surface area contributed by atoms with Gasteiger partial charge in [0.05, 0.1) is 25.4 Å². The van der Waals surface area contributed by atoms with E-state index in [4.69, 9.17) is 9.47 Å². The van der Waals surface area contributed by atoms with Gasteiger partial charge in [0.2, 0.25) is 0 Å². The Morgan fingerprint density at radius 3 is 2.68 bits per heavy atom. The zero-order valence-corrected chi connectivity index (χ0v) is 21.8. The highest BCUT2D eigenvalue weighted by molar-refractivity contribution is 6.02. The quantitative estimate of drug-likeness (QED) is 0.297. The first-order valence-electron chi connectivity index (χ1n) is 12.2. The van der Waals surface area contributed by atoms with Crippen LogP contribution in [0.3, 0.4) is 0 Å². The molecule has 3 aromatic rings. The highest BCUT2D eigenvalue weighted by Gasteiger charge is 2.42. The Labute approximate surface area is 220 Å². The Balaban J connectivity index is 1.38. The van der Waals surface area contributed by atoms with Gasteiger partial charge in [-0.2, -0.15) is 5.26 Å². The monoisotopic (exact) mass is 520 g/mol. The molecule has 0 bridgehead atoms. The third-order valence-corrected chi connectivity index (χ3v) is 6.66. The van der Waals surface area contributed by atoms with Gasteiger partial charge in [0.1, 0.15) is 29.5 Å². The predicted molar refractivity (Wildman–Crippen MR) is 141 cm³/mol. The van der Waals surface area contributed by atoms with E-state index >= 15 is 0 Å². The van der Waals surface area contributed by atoms with Crippen LogP contribution in [0.4, 0.5) is 5.69 Å². The summed E-state index contributed by atoms with van der Waals surface area (Å²) in [5, 5.41) is 43.0. The highest BCUT2D eigenvalue weighted by atomic mass is 16.7. The number of carbonyl (C=O) groups is 1. The largest absolute Gasteiger partial charge is 0.390 e. The van der Waals surface area contributed by atoms with E-state index in [1.807, 2.05) is 55.4 Å². The van der Waals surface area contributed by atoms with E-state index in [1.165, 1.54) is 11.8 Å². The number of hydrogen-bond donors (Lipinski definition) is 3. The summed E-state index contributed by atoms with van der Waals surface area (Å²) >= 11 is 0.